The van der Waals surface area contributed by atoms with Gasteiger partial charge in [0.2, 0.25) is 5.91 Å². The minimum Gasteiger partial charge on any atom is -0.376 e. The van der Waals surface area contributed by atoms with Crippen LogP contribution in [-0.4, -0.2) is 66.4 Å². The van der Waals surface area contributed by atoms with Crippen molar-refractivity contribution in [3.05, 3.63) is 64.7 Å². The first kappa shape index (κ1) is 26.0. The molecule has 2 aromatic rings. The van der Waals surface area contributed by atoms with Gasteiger partial charge < -0.3 is 15.1 Å². The third-order valence-electron chi connectivity index (χ3n) is 7.91. The average Bonchev–Trinajstić information content (AvgIpc) is 3.54. The molecule has 2 aliphatic heterocycles. The van der Waals surface area contributed by atoms with Gasteiger partial charge in [-0.05, 0) is 79.9 Å². The Morgan fingerprint density at radius 2 is 1.78 bits per heavy atom. The summed E-state index contributed by atoms with van der Waals surface area (Å²) in [6, 6.07) is 11.8. The van der Waals surface area contributed by atoms with Gasteiger partial charge in [-0.3, -0.25) is 9.69 Å². The molecule has 0 unspecified atom stereocenters. The summed E-state index contributed by atoms with van der Waals surface area (Å²) in [5.41, 5.74) is 2.99. The Morgan fingerprint density at radius 3 is 2.54 bits per heavy atom. The quantitative estimate of drug-likeness (QED) is 0.484. The van der Waals surface area contributed by atoms with Crippen molar-refractivity contribution >= 4 is 11.6 Å². The van der Waals surface area contributed by atoms with Gasteiger partial charge in [-0.15, -0.1) is 0 Å². The van der Waals surface area contributed by atoms with Crippen molar-refractivity contribution in [2.75, 3.05) is 51.1 Å². The fourth-order valence-corrected chi connectivity index (χ4v) is 5.64. The number of nitrogens with zero attached hydrogens (tertiary/aromatic N) is 3. The number of amides is 1. The normalized spacial score (nSPS) is 18.6. The van der Waals surface area contributed by atoms with Gasteiger partial charge >= 0.3 is 6.18 Å². The zero-order valence-corrected chi connectivity index (χ0v) is 21.4. The van der Waals surface area contributed by atoms with E-state index in [0.29, 0.717) is 13.1 Å². The first-order valence-corrected chi connectivity index (χ1v) is 13.6. The van der Waals surface area contributed by atoms with Gasteiger partial charge in [-0.1, -0.05) is 30.3 Å². The van der Waals surface area contributed by atoms with Crippen molar-refractivity contribution in [2.45, 2.75) is 51.4 Å². The highest BCUT2D eigenvalue weighted by Gasteiger charge is 2.34. The average molecular weight is 515 g/mol. The molecular formula is C29H37F3N4O. The molecule has 37 heavy (non-hydrogen) atoms. The number of hydrogen-bond donors (Lipinski definition) is 1. The summed E-state index contributed by atoms with van der Waals surface area (Å²) in [6.45, 7) is 6.19. The third-order valence-corrected chi connectivity index (χ3v) is 7.91. The second-order valence-corrected chi connectivity index (χ2v) is 10.7. The lowest BCUT2D eigenvalue weighted by Gasteiger charge is -2.30. The largest absolute Gasteiger partial charge is 0.416 e. The summed E-state index contributed by atoms with van der Waals surface area (Å²) in [5.74, 6) is 0.675. The second kappa shape index (κ2) is 11.4. The van der Waals surface area contributed by atoms with Gasteiger partial charge in [0.05, 0.1) is 12.1 Å². The number of carbonyl (C=O) groups is 1. The maximum absolute atomic E-state index is 13.6. The van der Waals surface area contributed by atoms with Crippen LogP contribution in [0.4, 0.5) is 18.9 Å². The van der Waals surface area contributed by atoms with Crippen molar-refractivity contribution in [1.29, 1.82) is 0 Å². The van der Waals surface area contributed by atoms with Crippen molar-refractivity contribution in [3.8, 4) is 0 Å². The van der Waals surface area contributed by atoms with Gasteiger partial charge in [0, 0.05) is 45.0 Å². The molecule has 1 saturated heterocycles. The van der Waals surface area contributed by atoms with Crippen LogP contribution in [0.5, 0.6) is 0 Å². The lowest BCUT2D eigenvalue weighted by atomic mass is 9.97. The van der Waals surface area contributed by atoms with Crippen molar-refractivity contribution in [3.63, 3.8) is 0 Å². The highest BCUT2D eigenvalue weighted by molar-refractivity contribution is 5.81. The summed E-state index contributed by atoms with van der Waals surface area (Å²) >= 11 is 0. The molecule has 2 aromatic carbocycles. The van der Waals surface area contributed by atoms with Crippen LogP contribution < -0.4 is 5.32 Å². The third kappa shape index (κ3) is 6.85. The number of rotatable bonds is 10. The van der Waals surface area contributed by atoms with Crippen molar-refractivity contribution in [1.82, 2.24) is 14.7 Å². The smallest absolute Gasteiger partial charge is 0.376 e. The van der Waals surface area contributed by atoms with Gasteiger partial charge in [-0.25, -0.2) is 0 Å². The summed E-state index contributed by atoms with van der Waals surface area (Å²) < 4.78 is 40.9. The van der Waals surface area contributed by atoms with E-state index in [1.807, 2.05) is 12.1 Å². The number of nitrogens with one attached hydrogen (secondary N) is 1. The van der Waals surface area contributed by atoms with Gasteiger partial charge in [0.1, 0.15) is 0 Å². The predicted octanol–water partition coefficient (Wildman–Crippen LogP) is 5.01. The molecule has 1 N–H and O–H groups in total. The highest BCUT2D eigenvalue weighted by atomic mass is 19.4. The Kier molecular flexibility index (Phi) is 8.05. The summed E-state index contributed by atoms with van der Waals surface area (Å²) in [7, 11) is 0. The maximum Gasteiger partial charge on any atom is 0.416 e. The number of benzene rings is 2. The number of fused-ring (bicyclic) bond motifs is 1. The fraction of sp³-hybridized carbons (Fsp3) is 0.552. The van der Waals surface area contributed by atoms with E-state index in [-0.39, 0.29) is 24.6 Å². The number of alkyl halides is 3. The Balaban J connectivity index is 1.26. The molecule has 1 saturated carbocycles. The second-order valence-electron chi connectivity index (χ2n) is 10.7. The van der Waals surface area contributed by atoms with Crippen molar-refractivity contribution < 1.29 is 18.0 Å². The van der Waals surface area contributed by atoms with E-state index in [1.165, 1.54) is 42.6 Å². The number of anilines is 1. The molecule has 1 aliphatic carbocycles. The van der Waals surface area contributed by atoms with Crippen LogP contribution in [0.15, 0.2) is 42.5 Å². The molecule has 2 fully saturated rings. The Morgan fingerprint density at radius 1 is 1.00 bits per heavy atom. The van der Waals surface area contributed by atoms with Crippen LogP contribution in [0, 0.1) is 5.92 Å². The van der Waals surface area contributed by atoms with E-state index in [4.69, 9.17) is 0 Å². The monoisotopic (exact) mass is 514 g/mol. The lowest BCUT2D eigenvalue weighted by Crippen LogP contribution is -2.40. The van der Waals surface area contributed by atoms with E-state index < -0.39 is 11.7 Å². The first-order valence-electron chi connectivity index (χ1n) is 13.6. The Labute approximate surface area is 217 Å². The van der Waals surface area contributed by atoms with Crippen LogP contribution in [0.1, 0.15) is 47.9 Å². The molecule has 200 valence electrons. The zero-order valence-electron chi connectivity index (χ0n) is 21.4. The number of likely N-dealkylation sites (tertiary alicyclic amines) is 1. The van der Waals surface area contributed by atoms with E-state index in [9.17, 15) is 18.0 Å². The molecule has 0 bridgehead atoms. The topological polar surface area (TPSA) is 38.8 Å². The summed E-state index contributed by atoms with van der Waals surface area (Å²) in [4.78, 5) is 19.8. The first-order chi connectivity index (χ1) is 17.9. The number of halogens is 3. The Hall–Kier alpha value is -2.58. The predicted molar refractivity (Wildman–Crippen MR) is 139 cm³/mol. The van der Waals surface area contributed by atoms with E-state index in [2.05, 4.69) is 21.2 Å². The van der Waals surface area contributed by atoms with Gasteiger partial charge in [0.25, 0.3) is 0 Å². The molecule has 2 heterocycles. The molecule has 0 atom stereocenters. The maximum atomic E-state index is 13.6. The van der Waals surface area contributed by atoms with Crippen LogP contribution in [0.3, 0.4) is 0 Å². The molecule has 1 amide bonds. The van der Waals surface area contributed by atoms with Gasteiger partial charge in [-0.2, -0.15) is 13.2 Å². The summed E-state index contributed by atoms with van der Waals surface area (Å²) in [6.07, 6.45) is 1.43. The fourth-order valence-electron chi connectivity index (χ4n) is 5.64. The van der Waals surface area contributed by atoms with E-state index in [0.717, 1.165) is 63.1 Å². The lowest BCUT2D eigenvalue weighted by molar-refractivity contribution is -0.139. The molecule has 5 nitrogen and oxygen atoms in total. The molecule has 0 radical (unpaired) electrons. The molecule has 8 heteroatoms. The van der Waals surface area contributed by atoms with Crippen LogP contribution >= 0.6 is 0 Å². The highest BCUT2D eigenvalue weighted by Crippen LogP contribution is 2.34. The molecule has 0 aromatic heterocycles. The number of carbonyl (C=O) groups excluding carboxylic acids is 1. The molecule has 5 rings (SSSR count). The zero-order chi connectivity index (χ0) is 25.8. The SMILES string of the molecule is O=C(CNc1cccc2c1CCN(CC1CC1)C2)N(CCN1CCCC1)Cc1ccccc1C(F)(F)F. The van der Waals surface area contributed by atoms with Gasteiger partial charge in [0.15, 0.2) is 0 Å². The molecule has 0 spiro atoms. The number of hydrogen-bond acceptors (Lipinski definition) is 4. The summed E-state index contributed by atoms with van der Waals surface area (Å²) in [5, 5.41) is 3.33. The van der Waals surface area contributed by atoms with Crippen LogP contribution in [0.2, 0.25) is 0 Å². The van der Waals surface area contributed by atoms with E-state index in [1.54, 1.807) is 11.0 Å². The molecule has 3 aliphatic rings. The molecular weight excluding hydrogens is 477 g/mol. The van der Waals surface area contributed by atoms with Crippen molar-refractivity contribution in [2.24, 2.45) is 5.92 Å². The minimum atomic E-state index is -4.45. The standard InChI is InChI=1S/C29H37F3N4O/c30-29(31,32)26-8-2-1-6-24(26)21-36(17-16-34-13-3-4-14-34)28(37)18-33-27-9-5-7-23-20-35(15-12-25(23)27)19-22-10-11-22/h1-2,5-9,22,33H,3-4,10-21H2. The minimum absolute atomic E-state index is 0.0486. The van der Waals surface area contributed by atoms with E-state index >= 15 is 0 Å². The van der Waals surface area contributed by atoms with Crippen LogP contribution in [-0.2, 0) is 30.5 Å². The van der Waals surface area contributed by atoms with Crippen LogP contribution in [0.25, 0.3) is 0 Å². The Bertz CT molecular complexity index is 1080.